The average Bonchev–Trinajstić information content (AvgIpc) is 3.57. The molecule has 2 aromatic heterocycles. The van der Waals surface area contributed by atoms with Crippen molar-refractivity contribution < 1.29 is 0 Å². The fourth-order valence-electron chi connectivity index (χ4n) is 7.94. The monoisotopic (exact) mass is 613 g/mol. The Hall–Kier alpha value is -6.06. The molecule has 48 heavy (non-hydrogen) atoms. The standard InChI is InChI=1S/C45H31N3/c1-45(2)37-18-10-8-16-33(37)34-22-20-32(25-38(34)45)43-44(47-39-23-21-31(26-40(39)46-43)28-12-4-3-5-13-28)48-41-19-11-9-17-35(41)36-24-29-14-6-7-15-30(29)27-42(36)48/h3-27H,1-2H3. The fraction of sp³-hybridized carbons (Fsp3) is 0.0667. The number of hydrogen-bond acceptors (Lipinski definition) is 2. The minimum absolute atomic E-state index is 0.126. The molecule has 1 aliphatic carbocycles. The van der Waals surface area contributed by atoms with E-state index in [1.165, 1.54) is 43.8 Å². The molecule has 3 nitrogen and oxygen atoms in total. The molecule has 0 atom stereocenters. The van der Waals surface area contributed by atoms with E-state index in [1.807, 2.05) is 0 Å². The van der Waals surface area contributed by atoms with Gasteiger partial charge in [-0.3, -0.25) is 4.57 Å². The lowest BCUT2D eigenvalue weighted by Crippen LogP contribution is -2.15. The van der Waals surface area contributed by atoms with Gasteiger partial charge < -0.3 is 0 Å². The van der Waals surface area contributed by atoms with Crippen molar-refractivity contribution >= 4 is 43.6 Å². The van der Waals surface area contributed by atoms with Crippen molar-refractivity contribution in [3.63, 3.8) is 0 Å². The molecule has 0 aliphatic heterocycles. The van der Waals surface area contributed by atoms with Gasteiger partial charge in [0.05, 0.1) is 22.1 Å². The highest BCUT2D eigenvalue weighted by Gasteiger charge is 2.35. The van der Waals surface area contributed by atoms with Crippen LogP contribution < -0.4 is 0 Å². The molecule has 226 valence electrons. The summed E-state index contributed by atoms with van der Waals surface area (Å²) in [5.41, 5.74) is 13.4. The molecule has 0 radical (unpaired) electrons. The Morgan fingerprint density at radius 2 is 1.17 bits per heavy atom. The summed E-state index contributed by atoms with van der Waals surface area (Å²) < 4.78 is 2.33. The summed E-state index contributed by atoms with van der Waals surface area (Å²) in [6, 6.07) is 54.5. The van der Waals surface area contributed by atoms with Crippen LogP contribution >= 0.6 is 0 Å². The van der Waals surface area contributed by atoms with Crippen LogP contribution in [0.2, 0.25) is 0 Å². The smallest absolute Gasteiger partial charge is 0.165 e. The molecule has 0 saturated carbocycles. The molecule has 10 rings (SSSR count). The third kappa shape index (κ3) is 3.88. The van der Waals surface area contributed by atoms with E-state index in [2.05, 4.69) is 170 Å². The maximum Gasteiger partial charge on any atom is 0.165 e. The Bertz CT molecular complexity index is 2750. The number of nitrogens with zero attached hydrogens (tertiary/aromatic N) is 3. The summed E-state index contributed by atoms with van der Waals surface area (Å²) in [4.78, 5) is 11.0. The van der Waals surface area contributed by atoms with Gasteiger partial charge >= 0.3 is 0 Å². The molecular weight excluding hydrogens is 583 g/mol. The maximum absolute atomic E-state index is 5.50. The Kier molecular flexibility index (Phi) is 5.63. The van der Waals surface area contributed by atoms with Crippen LogP contribution in [0, 0.1) is 0 Å². The van der Waals surface area contributed by atoms with Gasteiger partial charge in [0.15, 0.2) is 5.82 Å². The highest BCUT2D eigenvalue weighted by atomic mass is 15.1. The summed E-state index contributed by atoms with van der Waals surface area (Å²) in [7, 11) is 0. The number of rotatable bonds is 3. The SMILES string of the molecule is CC1(C)c2ccccc2-c2ccc(-c3nc4cc(-c5ccccc5)ccc4nc3-n3c4ccccc4c4cc5ccccc5cc43)cc21. The Morgan fingerprint density at radius 3 is 2.04 bits per heavy atom. The fourth-order valence-corrected chi connectivity index (χ4v) is 7.94. The molecule has 7 aromatic carbocycles. The van der Waals surface area contributed by atoms with Crippen LogP contribution in [0.4, 0.5) is 0 Å². The molecule has 2 heterocycles. The molecule has 0 N–H and O–H groups in total. The molecule has 0 fully saturated rings. The number of para-hydroxylation sites is 1. The van der Waals surface area contributed by atoms with E-state index >= 15 is 0 Å². The summed E-state index contributed by atoms with van der Waals surface area (Å²) in [5.74, 6) is 0.838. The van der Waals surface area contributed by atoms with Crippen LogP contribution in [-0.2, 0) is 5.41 Å². The van der Waals surface area contributed by atoms with Crippen molar-refractivity contribution in [2.24, 2.45) is 0 Å². The zero-order chi connectivity index (χ0) is 32.0. The van der Waals surface area contributed by atoms with Gasteiger partial charge in [0, 0.05) is 21.8 Å². The molecule has 3 heteroatoms. The number of aromatic nitrogens is 3. The predicted molar refractivity (Wildman–Crippen MR) is 200 cm³/mol. The minimum Gasteiger partial charge on any atom is -0.292 e. The lowest BCUT2D eigenvalue weighted by atomic mass is 9.82. The molecular formula is C45H31N3. The number of benzene rings is 7. The van der Waals surface area contributed by atoms with Gasteiger partial charge in [-0.15, -0.1) is 0 Å². The highest BCUT2D eigenvalue weighted by molar-refractivity contribution is 6.14. The first-order chi connectivity index (χ1) is 23.5. The zero-order valence-corrected chi connectivity index (χ0v) is 26.8. The summed E-state index contributed by atoms with van der Waals surface area (Å²) in [6.45, 7) is 4.66. The lowest BCUT2D eigenvalue weighted by Gasteiger charge is -2.22. The first-order valence-electron chi connectivity index (χ1n) is 16.6. The van der Waals surface area contributed by atoms with E-state index in [-0.39, 0.29) is 5.41 Å². The lowest BCUT2D eigenvalue weighted by molar-refractivity contribution is 0.660. The van der Waals surface area contributed by atoms with Gasteiger partial charge in [0.2, 0.25) is 0 Å². The van der Waals surface area contributed by atoms with E-state index in [4.69, 9.17) is 9.97 Å². The molecule has 0 saturated heterocycles. The van der Waals surface area contributed by atoms with Crippen LogP contribution in [0.3, 0.4) is 0 Å². The van der Waals surface area contributed by atoms with Crippen molar-refractivity contribution in [3.8, 4) is 39.3 Å². The van der Waals surface area contributed by atoms with Gasteiger partial charge in [-0.2, -0.15) is 0 Å². The number of hydrogen-bond donors (Lipinski definition) is 0. The van der Waals surface area contributed by atoms with Crippen LogP contribution in [0.1, 0.15) is 25.0 Å². The van der Waals surface area contributed by atoms with Crippen molar-refractivity contribution in [1.82, 2.24) is 14.5 Å². The van der Waals surface area contributed by atoms with E-state index in [0.29, 0.717) is 0 Å². The zero-order valence-electron chi connectivity index (χ0n) is 26.8. The van der Waals surface area contributed by atoms with Crippen LogP contribution in [0.5, 0.6) is 0 Å². The topological polar surface area (TPSA) is 30.7 Å². The highest BCUT2D eigenvalue weighted by Crippen LogP contribution is 2.50. The van der Waals surface area contributed by atoms with Gasteiger partial charge in [0.25, 0.3) is 0 Å². The van der Waals surface area contributed by atoms with Crippen molar-refractivity contribution in [3.05, 3.63) is 163 Å². The van der Waals surface area contributed by atoms with Crippen LogP contribution in [0.25, 0.3) is 82.9 Å². The molecule has 9 aromatic rings. The molecule has 0 amide bonds. The minimum atomic E-state index is -0.126. The number of fused-ring (bicyclic) bond motifs is 8. The van der Waals surface area contributed by atoms with Gasteiger partial charge in [0.1, 0.15) is 5.69 Å². The van der Waals surface area contributed by atoms with E-state index in [9.17, 15) is 0 Å². The van der Waals surface area contributed by atoms with E-state index in [1.54, 1.807) is 0 Å². The van der Waals surface area contributed by atoms with E-state index < -0.39 is 0 Å². The van der Waals surface area contributed by atoms with Crippen molar-refractivity contribution in [1.29, 1.82) is 0 Å². The Balaban J connectivity index is 1.29. The van der Waals surface area contributed by atoms with Crippen molar-refractivity contribution in [2.45, 2.75) is 19.3 Å². The average molecular weight is 614 g/mol. The first-order valence-corrected chi connectivity index (χ1v) is 16.6. The normalized spacial score (nSPS) is 13.4. The second kappa shape index (κ2) is 9.97. The second-order valence-corrected chi connectivity index (χ2v) is 13.5. The molecule has 1 aliphatic rings. The van der Waals surface area contributed by atoms with Gasteiger partial charge in [-0.25, -0.2) is 9.97 Å². The second-order valence-electron chi connectivity index (χ2n) is 13.5. The first kappa shape index (κ1) is 27.1. The summed E-state index contributed by atoms with van der Waals surface area (Å²) in [6.07, 6.45) is 0. The van der Waals surface area contributed by atoms with Gasteiger partial charge in [-0.05, 0) is 80.6 Å². The van der Waals surface area contributed by atoms with Crippen LogP contribution in [0.15, 0.2) is 152 Å². The Morgan fingerprint density at radius 1 is 0.458 bits per heavy atom. The molecule has 0 spiro atoms. The van der Waals surface area contributed by atoms with E-state index in [0.717, 1.165) is 50.3 Å². The molecule has 0 bridgehead atoms. The quantitative estimate of drug-likeness (QED) is 0.198. The maximum atomic E-state index is 5.50. The largest absolute Gasteiger partial charge is 0.292 e. The summed E-state index contributed by atoms with van der Waals surface area (Å²) in [5, 5.41) is 4.85. The van der Waals surface area contributed by atoms with Gasteiger partial charge in [-0.1, -0.05) is 129 Å². The predicted octanol–water partition coefficient (Wildman–Crippen LogP) is 11.5. The van der Waals surface area contributed by atoms with Crippen molar-refractivity contribution in [2.75, 3.05) is 0 Å². The Labute approximate surface area is 278 Å². The third-order valence-electron chi connectivity index (χ3n) is 10.4. The van der Waals surface area contributed by atoms with Crippen LogP contribution in [-0.4, -0.2) is 14.5 Å². The molecule has 0 unspecified atom stereocenters. The third-order valence-corrected chi connectivity index (χ3v) is 10.4. The summed E-state index contributed by atoms with van der Waals surface area (Å²) >= 11 is 0.